The lowest BCUT2D eigenvalue weighted by Crippen LogP contribution is -2.52. The molecule has 2 fully saturated rings. The molecule has 0 aromatic heterocycles. The van der Waals surface area contributed by atoms with E-state index in [1.807, 2.05) is 6.07 Å². The van der Waals surface area contributed by atoms with Crippen LogP contribution in [0.1, 0.15) is 28.8 Å². The first-order chi connectivity index (χ1) is 12.6. The van der Waals surface area contributed by atoms with Gasteiger partial charge in [0.2, 0.25) is 5.91 Å². The van der Waals surface area contributed by atoms with Crippen LogP contribution in [0.4, 0.5) is 10.5 Å². The highest BCUT2D eigenvalue weighted by Gasteiger charge is 2.49. The van der Waals surface area contributed by atoms with Gasteiger partial charge in [-0.15, -0.1) is 0 Å². The van der Waals surface area contributed by atoms with E-state index < -0.39 is 12.1 Å². The van der Waals surface area contributed by atoms with Crippen molar-refractivity contribution in [2.24, 2.45) is 5.41 Å². The Kier molecular flexibility index (Phi) is 4.28. The van der Waals surface area contributed by atoms with E-state index >= 15 is 0 Å². The fraction of sp³-hybridized carbons (Fsp3) is 0.500. The molecule has 138 valence electrons. The number of carbonyl (C=O) groups is 3. The molecule has 3 heterocycles. The lowest BCUT2D eigenvalue weighted by molar-refractivity contribution is -0.122. The molecule has 26 heavy (non-hydrogen) atoms. The Morgan fingerprint density at radius 2 is 2.00 bits per heavy atom. The summed E-state index contributed by atoms with van der Waals surface area (Å²) in [7, 11) is 0. The number of nitrogens with one attached hydrogen (secondary N) is 4. The molecule has 1 unspecified atom stereocenters. The second kappa shape index (κ2) is 6.60. The van der Waals surface area contributed by atoms with Crippen LogP contribution in [0.5, 0.6) is 0 Å². The Labute approximate surface area is 151 Å². The van der Waals surface area contributed by atoms with Gasteiger partial charge in [0.05, 0.1) is 0 Å². The molecule has 4 amide bonds. The summed E-state index contributed by atoms with van der Waals surface area (Å²) in [5, 5.41) is 11.2. The molecule has 1 atom stereocenters. The van der Waals surface area contributed by atoms with Crippen molar-refractivity contribution in [3.8, 4) is 0 Å². The Morgan fingerprint density at radius 1 is 1.19 bits per heavy atom. The number of hydrogen-bond acceptors (Lipinski definition) is 4. The molecule has 4 N–H and O–H groups in total. The zero-order valence-corrected chi connectivity index (χ0v) is 14.4. The minimum atomic E-state index is -0.577. The van der Waals surface area contributed by atoms with E-state index in [1.165, 1.54) is 0 Å². The van der Waals surface area contributed by atoms with Gasteiger partial charge in [-0.3, -0.25) is 9.59 Å². The van der Waals surface area contributed by atoms with Crippen molar-refractivity contribution in [1.29, 1.82) is 0 Å². The maximum atomic E-state index is 12.5. The van der Waals surface area contributed by atoms with Crippen molar-refractivity contribution < 1.29 is 19.1 Å². The summed E-state index contributed by atoms with van der Waals surface area (Å²) in [5.41, 5.74) is 1.78. The van der Waals surface area contributed by atoms with Crippen molar-refractivity contribution in [3.63, 3.8) is 0 Å². The van der Waals surface area contributed by atoms with E-state index in [0.717, 1.165) is 24.8 Å². The lowest BCUT2D eigenvalue weighted by Gasteiger charge is -2.36. The third-order valence-corrected chi connectivity index (χ3v) is 5.55. The standard InChI is InChI=1S/C18H22N4O4/c23-15-13-9-12(2-1-11(13)3-6-19-15)21-17(25)22-14-16(24)20-10-18(14)4-7-26-8-5-18/h1-2,9,14H,3-8,10H2,(H,19,23)(H,20,24)(H2,21,22,25). The average molecular weight is 358 g/mol. The molecule has 1 spiro atoms. The predicted octanol–water partition coefficient (Wildman–Crippen LogP) is 0.389. The highest BCUT2D eigenvalue weighted by atomic mass is 16.5. The molecular weight excluding hydrogens is 336 g/mol. The van der Waals surface area contributed by atoms with Gasteiger partial charge < -0.3 is 26.0 Å². The average Bonchev–Trinajstić information content (AvgIpc) is 2.92. The lowest BCUT2D eigenvalue weighted by atomic mass is 9.76. The Balaban J connectivity index is 1.46. The summed E-state index contributed by atoms with van der Waals surface area (Å²) in [4.78, 5) is 36.6. The van der Waals surface area contributed by atoms with Crippen molar-refractivity contribution in [2.45, 2.75) is 25.3 Å². The van der Waals surface area contributed by atoms with Gasteiger partial charge in [-0.2, -0.15) is 0 Å². The number of hydrogen-bond donors (Lipinski definition) is 4. The molecule has 0 aliphatic carbocycles. The molecule has 3 aliphatic rings. The number of benzene rings is 1. The van der Waals surface area contributed by atoms with Crippen LogP contribution in [0.3, 0.4) is 0 Å². The fourth-order valence-electron chi connectivity index (χ4n) is 4.00. The predicted molar refractivity (Wildman–Crippen MR) is 93.9 cm³/mol. The van der Waals surface area contributed by atoms with Crippen molar-refractivity contribution >= 4 is 23.5 Å². The summed E-state index contributed by atoms with van der Waals surface area (Å²) in [5.74, 6) is -0.293. The van der Waals surface area contributed by atoms with Gasteiger partial charge in [0.25, 0.3) is 5.91 Å². The normalized spacial score (nSPS) is 23.8. The maximum Gasteiger partial charge on any atom is 0.319 e. The molecule has 1 aromatic carbocycles. The highest BCUT2D eigenvalue weighted by molar-refractivity contribution is 5.99. The van der Waals surface area contributed by atoms with E-state index in [4.69, 9.17) is 4.74 Å². The molecule has 0 saturated carbocycles. The van der Waals surface area contributed by atoms with Crippen LogP contribution in [-0.2, 0) is 16.0 Å². The third-order valence-electron chi connectivity index (χ3n) is 5.55. The van der Waals surface area contributed by atoms with Gasteiger partial charge in [0.1, 0.15) is 6.04 Å². The Bertz CT molecular complexity index is 758. The largest absolute Gasteiger partial charge is 0.381 e. The SMILES string of the molecule is O=C(Nc1ccc2c(c1)C(=O)NCC2)NC1C(=O)NCC12CCOCC2. The number of amides is 4. The Morgan fingerprint density at radius 3 is 2.81 bits per heavy atom. The quantitative estimate of drug-likeness (QED) is 0.613. The van der Waals surface area contributed by atoms with Crippen molar-refractivity contribution in [2.75, 3.05) is 31.6 Å². The highest BCUT2D eigenvalue weighted by Crippen LogP contribution is 2.37. The molecule has 0 radical (unpaired) electrons. The van der Waals surface area contributed by atoms with E-state index in [0.29, 0.717) is 37.6 Å². The first-order valence-electron chi connectivity index (χ1n) is 8.92. The minimum Gasteiger partial charge on any atom is -0.381 e. The number of rotatable bonds is 2. The second-order valence-electron chi connectivity index (χ2n) is 7.10. The molecule has 3 aliphatic heterocycles. The monoisotopic (exact) mass is 358 g/mol. The van der Waals surface area contributed by atoms with Crippen LogP contribution < -0.4 is 21.3 Å². The fourth-order valence-corrected chi connectivity index (χ4v) is 4.00. The molecule has 2 saturated heterocycles. The minimum absolute atomic E-state index is 0.133. The number of ether oxygens (including phenoxy) is 1. The zero-order valence-electron chi connectivity index (χ0n) is 14.4. The first-order valence-corrected chi connectivity index (χ1v) is 8.92. The summed E-state index contributed by atoms with van der Waals surface area (Å²) < 4.78 is 5.40. The van der Waals surface area contributed by atoms with Crippen molar-refractivity contribution in [1.82, 2.24) is 16.0 Å². The summed E-state index contributed by atoms with van der Waals surface area (Å²) in [6.45, 7) is 2.37. The van der Waals surface area contributed by atoms with Crippen molar-refractivity contribution in [3.05, 3.63) is 29.3 Å². The summed E-state index contributed by atoms with van der Waals surface area (Å²) >= 11 is 0. The zero-order chi connectivity index (χ0) is 18.1. The molecule has 1 aromatic rings. The van der Waals surface area contributed by atoms with Gasteiger partial charge in [-0.25, -0.2) is 4.79 Å². The van der Waals surface area contributed by atoms with Gasteiger partial charge >= 0.3 is 6.03 Å². The van der Waals surface area contributed by atoms with E-state index in [1.54, 1.807) is 12.1 Å². The Hall–Kier alpha value is -2.61. The van der Waals surface area contributed by atoms with Gasteiger partial charge in [0.15, 0.2) is 0 Å². The molecule has 8 nitrogen and oxygen atoms in total. The van der Waals surface area contributed by atoms with Crippen LogP contribution in [0, 0.1) is 5.41 Å². The van der Waals surface area contributed by atoms with Gasteiger partial charge in [-0.05, 0) is 37.0 Å². The first kappa shape index (κ1) is 16.8. The van der Waals surface area contributed by atoms with Gasteiger partial charge in [0, 0.05) is 43.0 Å². The topological polar surface area (TPSA) is 109 Å². The number of urea groups is 1. The van der Waals surface area contributed by atoms with E-state index in [9.17, 15) is 14.4 Å². The molecule has 0 bridgehead atoms. The summed E-state index contributed by atoms with van der Waals surface area (Å²) in [6.07, 6.45) is 2.24. The number of fused-ring (bicyclic) bond motifs is 1. The van der Waals surface area contributed by atoms with Gasteiger partial charge in [-0.1, -0.05) is 6.07 Å². The van der Waals surface area contributed by atoms with Crippen LogP contribution in [0.25, 0.3) is 0 Å². The van der Waals surface area contributed by atoms with Crippen LogP contribution in [0.15, 0.2) is 18.2 Å². The van der Waals surface area contributed by atoms with Crippen LogP contribution in [0.2, 0.25) is 0 Å². The van der Waals surface area contributed by atoms with Crippen LogP contribution >= 0.6 is 0 Å². The second-order valence-corrected chi connectivity index (χ2v) is 7.10. The summed E-state index contributed by atoms with van der Waals surface area (Å²) in [6, 6.07) is 4.27. The van der Waals surface area contributed by atoms with E-state index in [2.05, 4.69) is 21.3 Å². The smallest absolute Gasteiger partial charge is 0.319 e. The van der Waals surface area contributed by atoms with E-state index in [-0.39, 0.29) is 17.2 Å². The molecule has 4 rings (SSSR count). The number of carbonyl (C=O) groups excluding carboxylic acids is 3. The third kappa shape index (κ3) is 3.01. The maximum absolute atomic E-state index is 12.5. The number of anilines is 1. The van der Waals surface area contributed by atoms with Crippen LogP contribution in [-0.4, -0.2) is 50.2 Å². The molecule has 8 heteroatoms. The molecular formula is C18H22N4O4.